The number of nitrogens with zero attached hydrogens (tertiary/aromatic N) is 4. The summed E-state index contributed by atoms with van der Waals surface area (Å²) in [6.07, 6.45) is 5.76. The predicted octanol–water partition coefficient (Wildman–Crippen LogP) is 5.81. The van der Waals surface area contributed by atoms with Gasteiger partial charge in [0.2, 0.25) is 0 Å². The monoisotopic (exact) mass is 460 g/mol. The molecular weight excluding hydrogens is 443 g/mol. The Labute approximate surface area is 195 Å². The van der Waals surface area contributed by atoms with Crippen molar-refractivity contribution in [3.8, 4) is 11.1 Å². The molecule has 2 atom stereocenters. The lowest BCUT2D eigenvalue weighted by Gasteiger charge is -2.13. The maximum atomic E-state index is 13.6. The van der Waals surface area contributed by atoms with Crippen LogP contribution in [0.5, 0.6) is 0 Å². The van der Waals surface area contributed by atoms with Crippen LogP contribution in [-0.4, -0.2) is 19.5 Å². The molecule has 6 rings (SSSR count). The summed E-state index contributed by atoms with van der Waals surface area (Å²) < 4.78 is 1.72. The first-order chi connectivity index (χ1) is 15.2. The van der Waals surface area contributed by atoms with E-state index in [0.29, 0.717) is 10.5 Å². The Morgan fingerprint density at radius 3 is 2.56 bits per heavy atom. The summed E-state index contributed by atoms with van der Waals surface area (Å²) in [6.45, 7) is 0. The van der Waals surface area contributed by atoms with Crippen LogP contribution in [0.15, 0.2) is 84.2 Å². The Morgan fingerprint density at radius 1 is 0.938 bits per heavy atom. The molecule has 2 unspecified atom stereocenters. The molecule has 7 heteroatoms. The molecule has 0 saturated heterocycles. The molecule has 158 valence electrons. The molecule has 1 saturated carbocycles. The smallest absolute Gasteiger partial charge is 0.260 e. The fourth-order valence-electron chi connectivity index (χ4n) is 4.41. The Bertz CT molecular complexity index is 1520. The minimum absolute atomic E-state index is 0. The maximum absolute atomic E-state index is 13.6. The zero-order valence-corrected chi connectivity index (χ0v) is 18.4. The second kappa shape index (κ2) is 8.01. The highest BCUT2D eigenvalue weighted by Gasteiger charge is 2.43. The molecule has 2 aromatic carbocycles. The molecule has 1 fully saturated rings. The van der Waals surface area contributed by atoms with Crippen molar-refractivity contribution in [2.75, 3.05) is 0 Å². The Kier molecular flexibility index (Phi) is 5.16. The first-order valence-corrected chi connectivity index (χ1v) is 10.5. The van der Waals surface area contributed by atoms with Gasteiger partial charge in [-0.15, -0.1) is 12.4 Å². The molecule has 5 nitrogen and oxygen atoms in total. The number of rotatable bonds is 3. The molecule has 0 radical (unpaired) electrons. The molecule has 3 aromatic heterocycles. The van der Waals surface area contributed by atoms with Gasteiger partial charge in [0.15, 0.2) is 0 Å². The number of fused-ring (bicyclic) bond motifs is 2. The third-order valence-electron chi connectivity index (χ3n) is 5.99. The van der Waals surface area contributed by atoms with Crippen LogP contribution < -0.4 is 5.56 Å². The summed E-state index contributed by atoms with van der Waals surface area (Å²) in [6, 6.07) is 19.8. The summed E-state index contributed by atoms with van der Waals surface area (Å²) >= 11 is 6.61. The summed E-state index contributed by atoms with van der Waals surface area (Å²) in [5.41, 5.74) is 3.50. The number of benzene rings is 2. The molecule has 1 aliphatic carbocycles. The molecule has 3 heterocycles. The predicted molar refractivity (Wildman–Crippen MR) is 130 cm³/mol. The SMILES string of the molecule is Cl.O=c1c2c(-c3cncnc3)cccc2cc(Cl)n1C1CC1c1ccc2ccccc2n1. The first kappa shape index (κ1) is 20.6. The highest BCUT2D eigenvalue weighted by molar-refractivity contribution is 6.30. The van der Waals surface area contributed by atoms with Gasteiger partial charge in [-0.2, -0.15) is 0 Å². The summed E-state index contributed by atoms with van der Waals surface area (Å²) in [4.78, 5) is 26.7. The number of pyridine rings is 2. The normalized spacial score (nSPS) is 17.3. The van der Waals surface area contributed by atoms with Gasteiger partial charge in [-0.1, -0.05) is 54.1 Å². The number of halogens is 2. The third-order valence-corrected chi connectivity index (χ3v) is 6.29. The van der Waals surface area contributed by atoms with Crippen molar-refractivity contribution in [1.29, 1.82) is 0 Å². The van der Waals surface area contributed by atoms with Gasteiger partial charge >= 0.3 is 0 Å². The van der Waals surface area contributed by atoms with Crippen molar-refractivity contribution in [1.82, 2.24) is 19.5 Å². The topological polar surface area (TPSA) is 60.7 Å². The first-order valence-electron chi connectivity index (χ1n) is 10.2. The lowest BCUT2D eigenvalue weighted by atomic mass is 10.0. The van der Waals surface area contributed by atoms with Crippen molar-refractivity contribution in [3.05, 3.63) is 101 Å². The number of aromatic nitrogens is 4. The van der Waals surface area contributed by atoms with E-state index in [4.69, 9.17) is 16.6 Å². The van der Waals surface area contributed by atoms with E-state index in [0.717, 1.165) is 39.5 Å². The van der Waals surface area contributed by atoms with Crippen molar-refractivity contribution in [3.63, 3.8) is 0 Å². The van der Waals surface area contributed by atoms with Crippen molar-refractivity contribution < 1.29 is 0 Å². The van der Waals surface area contributed by atoms with E-state index in [1.54, 1.807) is 17.0 Å². The van der Waals surface area contributed by atoms with Crippen LogP contribution in [0.4, 0.5) is 0 Å². The molecule has 32 heavy (non-hydrogen) atoms. The van der Waals surface area contributed by atoms with E-state index in [-0.39, 0.29) is 29.9 Å². The highest BCUT2D eigenvalue weighted by Crippen LogP contribution is 2.51. The lowest BCUT2D eigenvalue weighted by molar-refractivity contribution is 0.689. The van der Waals surface area contributed by atoms with Gasteiger partial charge in [0.05, 0.1) is 10.9 Å². The fraction of sp³-hybridized carbons (Fsp3) is 0.120. The Hall–Kier alpha value is -3.28. The van der Waals surface area contributed by atoms with Gasteiger partial charge in [0, 0.05) is 41.0 Å². The Morgan fingerprint density at radius 2 is 1.72 bits per heavy atom. The maximum Gasteiger partial charge on any atom is 0.260 e. The van der Waals surface area contributed by atoms with E-state index < -0.39 is 0 Å². The van der Waals surface area contributed by atoms with Crippen LogP contribution >= 0.6 is 24.0 Å². The van der Waals surface area contributed by atoms with E-state index in [1.165, 1.54) is 6.33 Å². The summed E-state index contributed by atoms with van der Waals surface area (Å²) in [7, 11) is 0. The number of para-hydroxylation sites is 1. The van der Waals surface area contributed by atoms with Gasteiger partial charge in [0.1, 0.15) is 11.5 Å². The van der Waals surface area contributed by atoms with Crippen LogP contribution in [0.2, 0.25) is 5.15 Å². The average molecular weight is 461 g/mol. The third kappa shape index (κ3) is 3.34. The second-order valence-electron chi connectivity index (χ2n) is 7.88. The quantitative estimate of drug-likeness (QED) is 0.318. The average Bonchev–Trinajstić information content (AvgIpc) is 3.59. The Balaban J connectivity index is 0.00000216. The lowest BCUT2D eigenvalue weighted by Crippen LogP contribution is -2.21. The van der Waals surface area contributed by atoms with Gasteiger partial charge in [-0.3, -0.25) is 14.3 Å². The van der Waals surface area contributed by atoms with Crippen LogP contribution in [-0.2, 0) is 0 Å². The minimum Gasteiger partial charge on any atom is -0.295 e. The zero-order chi connectivity index (χ0) is 20.9. The fourth-order valence-corrected chi connectivity index (χ4v) is 4.72. The number of hydrogen-bond acceptors (Lipinski definition) is 4. The van der Waals surface area contributed by atoms with Crippen LogP contribution in [0.3, 0.4) is 0 Å². The van der Waals surface area contributed by atoms with E-state index in [9.17, 15) is 4.79 Å². The molecule has 0 N–H and O–H groups in total. The number of hydrogen-bond donors (Lipinski definition) is 0. The van der Waals surface area contributed by atoms with E-state index >= 15 is 0 Å². The largest absolute Gasteiger partial charge is 0.295 e. The molecular formula is C25H18Cl2N4O. The summed E-state index contributed by atoms with van der Waals surface area (Å²) in [5.74, 6) is 0.171. The molecule has 0 aliphatic heterocycles. The highest BCUT2D eigenvalue weighted by atomic mass is 35.5. The molecule has 0 spiro atoms. The molecule has 1 aliphatic rings. The van der Waals surface area contributed by atoms with E-state index in [1.807, 2.05) is 42.5 Å². The van der Waals surface area contributed by atoms with Gasteiger partial charge < -0.3 is 0 Å². The van der Waals surface area contributed by atoms with Gasteiger partial charge in [-0.05, 0) is 35.6 Å². The summed E-state index contributed by atoms with van der Waals surface area (Å²) in [5, 5.41) is 3.01. The van der Waals surface area contributed by atoms with Crippen LogP contribution in [0.1, 0.15) is 24.1 Å². The molecule has 0 amide bonds. The van der Waals surface area contributed by atoms with Gasteiger partial charge in [-0.25, -0.2) is 9.97 Å². The van der Waals surface area contributed by atoms with E-state index in [2.05, 4.69) is 28.2 Å². The van der Waals surface area contributed by atoms with Crippen LogP contribution in [0, 0.1) is 0 Å². The standard InChI is InChI=1S/C25H17ClN4O.ClH/c26-23-10-16-5-3-6-18(17-12-27-14-28-13-17)24(16)25(31)30(23)22-11-19(22)21-9-8-15-4-1-2-7-20(15)29-21;/h1-10,12-14,19,22H,11H2;1H. The van der Waals surface area contributed by atoms with Crippen molar-refractivity contribution >= 4 is 45.7 Å². The van der Waals surface area contributed by atoms with Crippen molar-refractivity contribution in [2.45, 2.75) is 18.4 Å². The molecule has 0 bridgehead atoms. The van der Waals surface area contributed by atoms with Crippen molar-refractivity contribution in [2.24, 2.45) is 0 Å². The second-order valence-corrected chi connectivity index (χ2v) is 8.26. The van der Waals surface area contributed by atoms with Gasteiger partial charge in [0.25, 0.3) is 5.56 Å². The molecule has 5 aromatic rings. The van der Waals surface area contributed by atoms with Crippen LogP contribution in [0.25, 0.3) is 32.8 Å². The zero-order valence-electron chi connectivity index (χ0n) is 16.9. The minimum atomic E-state index is -0.0877.